The number of carbonyl (C=O) groups is 2. The molecule has 1 atom stereocenters. The summed E-state index contributed by atoms with van der Waals surface area (Å²) in [6.07, 6.45) is -4.32. The van der Waals surface area contributed by atoms with E-state index in [0.717, 1.165) is 5.56 Å². The first-order valence-corrected chi connectivity index (χ1v) is 8.45. The van der Waals surface area contributed by atoms with Crippen molar-refractivity contribution in [1.82, 2.24) is 5.32 Å². The van der Waals surface area contributed by atoms with E-state index in [-0.39, 0.29) is 10.6 Å². The predicted molar refractivity (Wildman–Crippen MR) is 92.5 cm³/mol. The molecule has 140 valence electrons. The van der Waals surface area contributed by atoms with Crippen molar-refractivity contribution in [2.75, 3.05) is 11.1 Å². The maximum atomic E-state index is 12.4. The highest BCUT2D eigenvalue weighted by Gasteiger charge is 2.31. The summed E-state index contributed by atoms with van der Waals surface area (Å²) in [5.41, 5.74) is 5.71. The molecular formula is C16H22F3N3O2S. The third-order valence-electron chi connectivity index (χ3n) is 3.20. The molecule has 9 heteroatoms. The molecule has 0 aliphatic rings. The molecule has 5 nitrogen and oxygen atoms in total. The van der Waals surface area contributed by atoms with Gasteiger partial charge in [0.25, 0.3) is 0 Å². The van der Waals surface area contributed by atoms with Crippen molar-refractivity contribution in [1.29, 1.82) is 0 Å². The normalized spacial score (nSPS) is 13.2. The Labute approximate surface area is 148 Å². The molecule has 1 aromatic rings. The molecule has 0 aliphatic carbocycles. The molecule has 0 heterocycles. The third kappa shape index (κ3) is 7.25. The zero-order valence-electron chi connectivity index (χ0n) is 14.5. The molecule has 0 bridgehead atoms. The summed E-state index contributed by atoms with van der Waals surface area (Å²) in [6, 6.07) is 3.09. The van der Waals surface area contributed by atoms with Crippen LogP contribution in [-0.2, 0) is 4.79 Å². The topological polar surface area (TPSA) is 84.2 Å². The number of carbonyl (C=O) groups excluding carboxylic acids is 2. The van der Waals surface area contributed by atoms with E-state index >= 15 is 0 Å². The van der Waals surface area contributed by atoms with Gasteiger partial charge in [0.1, 0.15) is 6.04 Å². The molecule has 1 aromatic carbocycles. The predicted octanol–water partition coefficient (Wildman–Crippen LogP) is 3.67. The van der Waals surface area contributed by atoms with Crippen LogP contribution >= 0.6 is 11.8 Å². The number of primary amides is 1. The number of alkyl halides is 3. The molecule has 0 saturated heterocycles. The number of anilines is 1. The number of amides is 3. The number of hydrogen-bond donors (Lipinski definition) is 3. The van der Waals surface area contributed by atoms with Crippen molar-refractivity contribution in [3.05, 3.63) is 23.8 Å². The Kier molecular flexibility index (Phi) is 6.75. The maximum Gasteiger partial charge on any atom is 0.398 e. The summed E-state index contributed by atoms with van der Waals surface area (Å²) in [6.45, 7) is 6.96. The largest absolute Gasteiger partial charge is 0.398 e. The zero-order valence-corrected chi connectivity index (χ0v) is 15.3. The van der Waals surface area contributed by atoms with E-state index in [4.69, 9.17) is 5.73 Å². The van der Waals surface area contributed by atoms with Gasteiger partial charge in [-0.3, -0.25) is 4.79 Å². The van der Waals surface area contributed by atoms with Gasteiger partial charge >= 0.3 is 12.2 Å². The zero-order chi connectivity index (χ0) is 19.4. The van der Waals surface area contributed by atoms with E-state index in [1.165, 1.54) is 6.07 Å². The van der Waals surface area contributed by atoms with Crippen molar-refractivity contribution in [3.63, 3.8) is 0 Å². The quantitative estimate of drug-likeness (QED) is 0.685. The number of benzene rings is 1. The molecule has 0 spiro atoms. The second kappa shape index (κ2) is 7.99. The molecule has 4 N–H and O–H groups in total. The Bertz CT molecular complexity index is 642. The lowest BCUT2D eigenvalue weighted by molar-refractivity contribution is -0.122. The van der Waals surface area contributed by atoms with E-state index in [2.05, 4.69) is 10.6 Å². The second-order valence-corrected chi connectivity index (χ2v) is 7.72. The Morgan fingerprint density at radius 3 is 2.32 bits per heavy atom. The van der Waals surface area contributed by atoms with Crippen LogP contribution in [0, 0.1) is 12.3 Å². The Morgan fingerprint density at radius 2 is 1.84 bits per heavy atom. The molecule has 1 unspecified atom stereocenters. The Morgan fingerprint density at radius 1 is 1.24 bits per heavy atom. The van der Waals surface area contributed by atoms with Crippen molar-refractivity contribution in [2.45, 2.75) is 44.8 Å². The van der Waals surface area contributed by atoms with Gasteiger partial charge in [0, 0.05) is 4.90 Å². The van der Waals surface area contributed by atoms with Gasteiger partial charge in [-0.15, -0.1) is 11.8 Å². The van der Waals surface area contributed by atoms with Crippen molar-refractivity contribution >= 4 is 29.4 Å². The van der Waals surface area contributed by atoms with Crippen molar-refractivity contribution < 1.29 is 22.8 Å². The van der Waals surface area contributed by atoms with Crippen LogP contribution in [0.2, 0.25) is 0 Å². The number of halogens is 3. The van der Waals surface area contributed by atoms with E-state index < -0.39 is 35.3 Å². The highest BCUT2D eigenvalue weighted by molar-refractivity contribution is 7.99. The van der Waals surface area contributed by atoms with Gasteiger partial charge < -0.3 is 16.4 Å². The number of rotatable bonds is 5. The molecule has 3 amide bonds. The van der Waals surface area contributed by atoms with Crippen LogP contribution in [0.4, 0.5) is 23.7 Å². The molecule has 1 rings (SSSR count). The van der Waals surface area contributed by atoms with E-state index in [1.54, 1.807) is 39.8 Å². The standard InChI is InChI=1S/C16H22F3N3O2S/c1-9-5-6-11(25-8-16(17,18)19)10(7-9)21-14(24)22-12(13(20)23)15(2,3)4/h5-7,12H,8H2,1-4H3,(H2,20,23)(H2,21,22,24). The maximum absolute atomic E-state index is 12.4. The lowest BCUT2D eigenvalue weighted by Gasteiger charge is -2.28. The number of nitrogens with two attached hydrogens (primary N) is 1. The number of thioether (sulfide) groups is 1. The second-order valence-electron chi connectivity index (χ2n) is 6.70. The molecule has 0 fully saturated rings. The smallest absolute Gasteiger partial charge is 0.368 e. The minimum absolute atomic E-state index is 0.240. The summed E-state index contributed by atoms with van der Waals surface area (Å²) in [7, 11) is 0. The highest BCUT2D eigenvalue weighted by Crippen LogP contribution is 2.33. The molecule has 25 heavy (non-hydrogen) atoms. The minimum Gasteiger partial charge on any atom is -0.368 e. The van der Waals surface area contributed by atoms with Gasteiger partial charge in [0.15, 0.2) is 0 Å². The first-order chi connectivity index (χ1) is 11.3. The Hall–Kier alpha value is -1.90. The summed E-state index contributed by atoms with van der Waals surface area (Å²) in [5, 5.41) is 4.97. The fraction of sp³-hybridized carbons (Fsp3) is 0.500. The van der Waals surface area contributed by atoms with E-state index in [1.807, 2.05) is 0 Å². The lowest BCUT2D eigenvalue weighted by Crippen LogP contribution is -2.53. The number of hydrogen-bond acceptors (Lipinski definition) is 3. The van der Waals surface area contributed by atoms with E-state index in [0.29, 0.717) is 11.8 Å². The SMILES string of the molecule is Cc1ccc(SCC(F)(F)F)c(NC(=O)NC(C(N)=O)C(C)(C)C)c1. The number of urea groups is 1. The Balaban J connectivity index is 2.92. The van der Waals surface area contributed by atoms with E-state index in [9.17, 15) is 22.8 Å². The van der Waals surface area contributed by atoms with Crippen LogP contribution < -0.4 is 16.4 Å². The summed E-state index contributed by atoms with van der Waals surface area (Å²) >= 11 is 0.576. The van der Waals surface area contributed by atoms with Gasteiger partial charge in [-0.05, 0) is 30.0 Å². The summed E-state index contributed by atoms with van der Waals surface area (Å²) in [4.78, 5) is 24.0. The summed E-state index contributed by atoms with van der Waals surface area (Å²) in [5.74, 6) is -1.77. The van der Waals surface area contributed by atoms with Crippen molar-refractivity contribution in [3.8, 4) is 0 Å². The fourth-order valence-corrected chi connectivity index (χ4v) is 2.78. The van der Waals surface area contributed by atoms with Crippen LogP contribution in [0.25, 0.3) is 0 Å². The highest BCUT2D eigenvalue weighted by atomic mass is 32.2. The third-order valence-corrected chi connectivity index (χ3v) is 4.34. The first kappa shape index (κ1) is 21.1. The molecule has 0 saturated carbocycles. The van der Waals surface area contributed by atoms with Gasteiger partial charge in [-0.2, -0.15) is 13.2 Å². The minimum atomic E-state index is -4.32. The lowest BCUT2D eigenvalue weighted by atomic mass is 9.86. The molecular weight excluding hydrogens is 355 g/mol. The van der Waals surface area contributed by atoms with Gasteiger partial charge in [0.2, 0.25) is 5.91 Å². The van der Waals surface area contributed by atoms with Crippen LogP contribution in [0.3, 0.4) is 0 Å². The van der Waals surface area contributed by atoms with Crippen LogP contribution in [0.1, 0.15) is 26.3 Å². The van der Waals surface area contributed by atoms with Gasteiger partial charge in [-0.1, -0.05) is 26.8 Å². The van der Waals surface area contributed by atoms with Gasteiger partial charge in [-0.25, -0.2) is 4.79 Å². The molecule has 0 radical (unpaired) electrons. The average molecular weight is 377 g/mol. The summed E-state index contributed by atoms with van der Waals surface area (Å²) < 4.78 is 37.3. The fourth-order valence-electron chi connectivity index (χ4n) is 2.03. The monoisotopic (exact) mass is 377 g/mol. The van der Waals surface area contributed by atoms with Crippen molar-refractivity contribution in [2.24, 2.45) is 11.1 Å². The number of nitrogens with one attached hydrogen (secondary N) is 2. The molecule has 0 aromatic heterocycles. The van der Waals surface area contributed by atoms with Crippen LogP contribution in [0.15, 0.2) is 23.1 Å². The molecule has 0 aliphatic heterocycles. The first-order valence-electron chi connectivity index (χ1n) is 7.46. The van der Waals surface area contributed by atoms with Crippen LogP contribution in [-0.4, -0.2) is 29.9 Å². The van der Waals surface area contributed by atoms with Crippen LogP contribution in [0.5, 0.6) is 0 Å². The van der Waals surface area contributed by atoms with Gasteiger partial charge in [0.05, 0.1) is 11.4 Å². The average Bonchev–Trinajstić information content (AvgIpc) is 2.41. The number of aryl methyl sites for hydroxylation is 1.